The first kappa shape index (κ1) is 12.8. The normalized spacial score (nSPS) is 11.4. The van der Waals surface area contributed by atoms with E-state index < -0.39 is 0 Å². The molecule has 0 aliphatic rings. The molecule has 0 aliphatic heterocycles. The van der Waals surface area contributed by atoms with Gasteiger partial charge in [-0.1, -0.05) is 6.07 Å². The van der Waals surface area contributed by atoms with Gasteiger partial charge in [0, 0.05) is 20.3 Å². The zero-order valence-corrected chi connectivity index (χ0v) is 12.4. The maximum atomic E-state index is 4.51. The Morgan fingerprint density at radius 3 is 2.95 bits per heavy atom. The van der Waals surface area contributed by atoms with Gasteiger partial charge >= 0.3 is 0 Å². The third-order valence-electron chi connectivity index (χ3n) is 3.70. The summed E-state index contributed by atoms with van der Waals surface area (Å²) in [5, 5.41) is 0. The molecule has 0 aromatic carbocycles. The average Bonchev–Trinajstić information content (AvgIpc) is 3.12. The van der Waals surface area contributed by atoms with Gasteiger partial charge < -0.3 is 13.9 Å². The summed E-state index contributed by atoms with van der Waals surface area (Å²) in [6, 6.07) is 5.96. The van der Waals surface area contributed by atoms with Gasteiger partial charge in [0.05, 0.1) is 31.0 Å². The molecule has 0 fully saturated rings. The minimum absolute atomic E-state index is 0.650. The monoisotopic (exact) mass is 293 g/mol. The van der Waals surface area contributed by atoms with Gasteiger partial charge in [0.2, 0.25) is 5.95 Å². The van der Waals surface area contributed by atoms with Crippen LogP contribution in [0.4, 0.5) is 5.95 Å². The molecule has 0 N–H and O–H groups in total. The molecule has 0 saturated heterocycles. The molecular weight excluding hydrogens is 278 g/mol. The summed E-state index contributed by atoms with van der Waals surface area (Å²) in [4.78, 5) is 19.6. The SMILES string of the molecule is CN(Cc1cnc2ccccn12)c1ncc2c(ncn2C)n1. The predicted molar refractivity (Wildman–Crippen MR) is 83.6 cm³/mol. The lowest BCUT2D eigenvalue weighted by molar-refractivity contribution is 0.834. The number of fused-ring (bicyclic) bond motifs is 2. The third-order valence-corrected chi connectivity index (χ3v) is 3.70. The molecule has 0 amide bonds. The van der Waals surface area contributed by atoms with Crippen molar-refractivity contribution in [2.75, 3.05) is 11.9 Å². The summed E-state index contributed by atoms with van der Waals surface area (Å²) in [5.41, 5.74) is 3.65. The second kappa shape index (κ2) is 4.80. The second-order valence-corrected chi connectivity index (χ2v) is 5.27. The number of anilines is 1. The Morgan fingerprint density at radius 1 is 1.14 bits per heavy atom. The molecule has 0 saturated carbocycles. The molecule has 0 unspecified atom stereocenters. The Hall–Kier alpha value is -2.96. The van der Waals surface area contributed by atoms with Crippen LogP contribution < -0.4 is 4.90 Å². The summed E-state index contributed by atoms with van der Waals surface area (Å²) < 4.78 is 3.97. The van der Waals surface area contributed by atoms with Crippen molar-refractivity contribution in [2.24, 2.45) is 7.05 Å². The molecule has 110 valence electrons. The van der Waals surface area contributed by atoms with E-state index in [4.69, 9.17) is 0 Å². The van der Waals surface area contributed by atoms with Crippen molar-refractivity contribution in [3.63, 3.8) is 0 Å². The molecule has 4 aromatic heterocycles. The maximum absolute atomic E-state index is 4.51. The van der Waals surface area contributed by atoms with E-state index in [1.807, 2.05) is 54.2 Å². The highest BCUT2D eigenvalue weighted by atomic mass is 15.3. The smallest absolute Gasteiger partial charge is 0.227 e. The Balaban J connectivity index is 1.66. The molecule has 4 aromatic rings. The molecule has 0 bridgehead atoms. The highest BCUT2D eigenvalue weighted by Crippen LogP contribution is 2.15. The van der Waals surface area contributed by atoms with Gasteiger partial charge in [-0.3, -0.25) is 0 Å². The van der Waals surface area contributed by atoms with Gasteiger partial charge in [-0.25, -0.2) is 15.0 Å². The molecule has 7 nitrogen and oxygen atoms in total. The molecule has 4 heterocycles. The Bertz CT molecular complexity index is 953. The topological polar surface area (TPSA) is 64.1 Å². The van der Waals surface area contributed by atoms with Crippen molar-refractivity contribution >= 4 is 22.8 Å². The first-order valence-electron chi connectivity index (χ1n) is 6.98. The fraction of sp³-hybridized carbons (Fsp3) is 0.200. The van der Waals surface area contributed by atoms with E-state index in [9.17, 15) is 0 Å². The number of pyridine rings is 1. The van der Waals surface area contributed by atoms with Crippen LogP contribution in [0, 0.1) is 0 Å². The van der Waals surface area contributed by atoms with E-state index in [-0.39, 0.29) is 0 Å². The Kier molecular flexibility index (Phi) is 2.78. The van der Waals surface area contributed by atoms with Crippen LogP contribution in [-0.4, -0.2) is 36.0 Å². The van der Waals surface area contributed by atoms with Crippen LogP contribution in [0.3, 0.4) is 0 Å². The fourth-order valence-electron chi connectivity index (χ4n) is 2.50. The molecular formula is C15H15N7. The summed E-state index contributed by atoms with van der Waals surface area (Å²) in [5.74, 6) is 0.650. The van der Waals surface area contributed by atoms with E-state index in [0.29, 0.717) is 18.1 Å². The lowest BCUT2D eigenvalue weighted by atomic mass is 10.4. The van der Waals surface area contributed by atoms with Gasteiger partial charge in [0.15, 0.2) is 5.65 Å². The zero-order chi connectivity index (χ0) is 15.1. The maximum Gasteiger partial charge on any atom is 0.227 e. The highest BCUT2D eigenvalue weighted by Gasteiger charge is 2.11. The van der Waals surface area contributed by atoms with Crippen LogP contribution in [0.25, 0.3) is 16.8 Å². The quantitative estimate of drug-likeness (QED) is 0.574. The fourth-order valence-corrected chi connectivity index (χ4v) is 2.50. The molecule has 0 aliphatic carbocycles. The number of hydrogen-bond acceptors (Lipinski definition) is 5. The minimum Gasteiger partial charge on any atom is -0.338 e. The van der Waals surface area contributed by atoms with Crippen molar-refractivity contribution in [3.05, 3.63) is 48.8 Å². The van der Waals surface area contributed by atoms with Gasteiger partial charge in [0.1, 0.15) is 11.2 Å². The standard InChI is InChI=1S/C15H15N7/c1-20(9-11-7-16-13-5-3-4-6-22(11)13)15-17-8-12-14(19-15)18-10-21(12)2/h3-8,10H,9H2,1-2H3. The van der Waals surface area contributed by atoms with Crippen LogP contribution in [0.2, 0.25) is 0 Å². The number of nitrogens with zero attached hydrogens (tertiary/aromatic N) is 7. The van der Waals surface area contributed by atoms with Crippen molar-refractivity contribution in [2.45, 2.75) is 6.54 Å². The largest absolute Gasteiger partial charge is 0.338 e. The summed E-state index contributed by atoms with van der Waals surface area (Å²) >= 11 is 0. The van der Waals surface area contributed by atoms with Crippen molar-refractivity contribution in [3.8, 4) is 0 Å². The van der Waals surface area contributed by atoms with Gasteiger partial charge in [0.25, 0.3) is 0 Å². The van der Waals surface area contributed by atoms with Crippen LogP contribution in [0.5, 0.6) is 0 Å². The lowest BCUT2D eigenvalue weighted by Gasteiger charge is -2.16. The molecule has 7 heteroatoms. The lowest BCUT2D eigenvalue weighted by Crippen LogP contribution is -2.20. The second-order valence-electron chi connectivity index (χ2n) is 5.27. The number of aryl methyl sites for hydroxylation is 1. The summed E-state index contributed by atoms with van der Waals surface area (Å²) in [7, 11) is 3.90. The Labute approximate surface area is 126 Å². The van der Waals surface area contributed by atoms with Crippen LogP contribution >= 0.6 is 0 Å². The Morgan fingerprint density at radius 2 is 2.05 bits per heavy atom. The third kappa shape index (κ3) is 1.98. The van der Waals surface area contributed by atoms with Crippen molar-refractivity contribution < 1.29 is 0 Å². The molecule has 0 atom stereocenters. The van der Waals surface area contributed by atoms with Gasteiger partial charge in [-0.15, -0.1) is 0 Å². The predicted octanol–water partition coefficient (Wildman–Crippen LogP) is 1.65. The van der Waals surface area contributed by atoms with Crippen molar-refractivity contribution in [1.29, 1.82) is 0 Å². The van der Waals surface area contributed by atoms with E-state index in [1.54, 1.807) is 12.5 Å². The number of imidazole rings is 2. The van der Waals surface area contributed by atoms with E-state index in [2.05, 4.69) is 24.3 Å². The number of rotatable bonds is 3. The first-order valence-corrected chi connectivity index (χ1v) is 6.98. The van der Waals surface area contributed by atoms with E-state index >= 15 is 0 Å². The van der Waals surface area contributed by atoms with Crippen LogP contribution in [0.1, 0.15) is 5.69 Å². The molecule has 22 heavy (non-hydrogen) atoms. The first-order chi connectivity index (χ1) is 10.7. The summed E-state index contributed by atoms with van der Waals surface area (Å²) in [6.07, 6.45) is 7.43. The zero-order valence-electron chi connectivity index (χ0n) is 12.4. The van der Waals surface area contributed by atoms with E-state index in [0.717, 1.165) is 16.9 Å². The average molecular weight is 293 g/mol. The minimum atomic E-state index is 0.650. The van der Waals surface area contributed by atoms with Gasteiger partial charge in [-0.2, -0.15) is 4.98 Å². The molecule has 0 spiro atoms. The van der Waals surface area contributed by atoms with Gasteiger partial charge in [-0.05, 0) is 12.1 Å². The number of hydrogen-bond donors (Lipinski definition) is 0. The van der Waals surface area contributed by atoms with Crippen LogP contribution in [0.15, 0.2) is 43.1 Å². The molecule has 4 rings (SSSR count). The van der Waals surface area contributed by atoms with E-state index in [1.165, 1.54) is 0 Å². The highest BCUT2D eigenvalue weighted by molar-refractivity contribution is 5.70. The number of aromatic nitrogens is 6. The molecule has 0 radical (unpaired) electrons. The van der Waals surface area contributed by atoms with Crippen molar-refractivity contribution in [1.82, 2.24) is 28.9 Å². The summed E-state index contributed by atoms with van der Waals surface area (Å²) in [6.45, 7) is 0.670. The van der Waals surface area contributed by atoms with Crippen LogP contribution in [-0.2, 0) is 13.6 Å².